The third-order valence-corrected chi connectivity index (χ3v) is 3.34. The fourth-order valence-corrected chi connectivity index (χ4v) is 2.52. The molecular formula is C11H12Cl2N2O. The van der Waals surface area contributed by atoms with Crippen molar-refractivity contribution in [2.24, 2.45) is 5.73 Å². The summed E-state index contributed by atoms with van der Waals surface area (Å²) in [6.07, 6.45) is 0.779. The number of nitrogens with zero attached hydrogens (tertiary/aromatic N) is 1. The topological polar surface area (TPSA) is 46.3 Å². The Morgan fingerprint density at radius 2 is 2.19 bits per heavy atom. The fourth-order valence-electron chi connectivity index (χ4n) is 1.92. The van der Waals surface area contributed by atoms with Crippen molar-refractivity contribution < 1.29 is 4.79 Å². The van der Waals surface area contributed by atoms with Gasteiger partial charge in [-0.1, -0.05) is 23.2 Å². The molecule has 5 heteroatoms. The molecule has 1 amide bonds. The maximum absolute atomic E-state index is 11.5. The zero-order chi connectivity index (χ0) is 11.7. The minimum Gasteiger partial charge on any atom is -0.337 e. The number of benzene rings is 1. The fraction of sp³-hybridized carbons (Fsp3) is 0.364. The second kappa shape index (κ2) is 4.62. The molecule has 0 unspecified atom stereocenters. The van der Waals surface area contributed by atoms with Crippen LogP contribution in [0.5, 0.6) is 0 Å². The number of hydrogen-bond acceptors (Lipinski definition) is 2. The van der Waals surface area contributed by atoms with Gasteiger partial charge >= 0.3 is 0 Å². The summed E-state index contributed by atoms with van der Waals surface area (Å²) in [6.45, 7) is 1.25. The summed E-state index contributed by atoms with van der Waals surface area (Å²) < 4.78 is 0. The van der Waals surface area contributed by atoms with E-state index in [0.717, 1.165) is 17.5 Å². The van der Waals surface area contributed by atoms with Gasteiger partial charge in [0.15, 0.2) is 0 Å². The van der Waals surface area contributed by atoms with Crippen LogP contribution in [0.15, 0.2) is 12.1 Å². The molecule has 0 atom stereocenters. The van der Waals surface area contributed by atoms with E-state index in [2.05, 4.69) is 0 Å². The summed E-state index contributed by atoms with van der Waals surface area (Å²) in [5.41, 5.74) is 7.45. The second-order valence-corrected chi connectivity index (χ2v) is 4.64. The lowest BCUT2D eigenvalue weighted by Gasteiger charge is -2.29. The van der Waals surface area contributed by atoms with Crippen LogP contribution in [-0.4, -0.2) is 23.9 Å². The third-order valence-electron chi connectivity index (χ3n) is 2.78. The molecule has 0 saturated heterocycles. The molecule has 0 saturated carbocycles. The van der Waals surface area contributed by atoms with Crippen molar-refractivity contribution in [2.45, 2.75) is 13.0 Å². The highest BCUT2D eigenvalue weighted by Crippen LogP contribution is 2.29. The van der Waals surface area contributed by atoms with Crippen molar-refractivity contribution in [3.8, 4) is 0 Å². The normalized spacial score (nSPS) is 14.8. The van der Waals surface area contributed by atoms with E-state index in [4.69, 9.17) is 28.9 Å². The van der Waals surface area contributed by atoms with Gasteiger partial charge in [-0.15, -0.1) is 0 Å². The van der Waals surface area contributed by atoms with Crippen molar-refractivity contribution in [2.75, 3.05) is 13.1 Å². The molecule has 0 fully saturated rings. The Bertz CT molecular complexity index is 434. The van der Waals surface area contributed by atoms with Crippen molar-refractivity contribution >= 4 is 29.1 Å². The minimum atomic E-state index is -0.0448. The number of hydrogen-bond donors (Lipinski definition) is 1. The van der Waals surface area contributed by atoms with Crippen molar-refractivity contribution in [3.63, 3.8) is 0 Å². The maximum atomic E-state index is 11.5. The molecule has 0 spiro atoms. The molecule has 1 aromatic rings. The Morgan fingerprint density at radius 3 is 2.88 bits per heavy atom. The van der Waals surface area contributed by atoms with Crippen LogP contribution in [0.2, 0.25) is 10.0 Å². The molecule has 0 aliphatic carbocycles. The first kappa shape index (κ1) is 11.7. The van der Waals surface area contributed by atoms with E-state index in [1.807, 2.05) is 6.07 Å². The van der Waals surface area contributed by atoms with Gasteiger partial charge in [-0.2, -0.15) is 0 Å². The van der Waals surface area contributed by atoms with Crippen LogP contribution < -0.4 is 5.73 Å². The highest BCUT2D eigenvalue weighted by Gasteiger charge is 2.21. The predicted octanol–water partition coefficient (Wildman–Crippen LogP) is 1.84. The Balaban J connectivity index is 2.30. The molecule has 86 valence electrons. The molecule has 1 aromatic carbocycles. The lowest BCUT2D eigenvalue weighted by molar-refractivity contribution is -0.130. The average Bonchev–Trinajstić information content (AvgIpc) is 2.27. The number of halogens is 2. The van der Waals surface area contributed by atoms with Gasteiger partial charge in [-0.25, -0.2) is 0 Å². The largest absolute Gasteiger partial charge is 0.337 e. The predicted molar refractivity (Wildman–Crippen MR) is 64.6 cm³/mol. The number of rotatable bonds is 1. The molecule has 2 rings (SSSR count). The van der Waals surface area contributed by atoms with Crippen molar-refractivity contribution in [3.05, 3.63) is 33.3 Å². The van der Waals surface area contributed by atoms with Crippen LogP contribution in [0.3, 0.4) is 0 Å². The zero-order valence-electron chi connectivity index (χ0n) is 8.67. The number of fused-ring (bicyclic) bond motifs is 1. The summed E-state index contributed by atoms with van der Waals surface area (Å²) in [7, 11) is 0. The van der Waals surface area contributed by atoms with Crippen molar-refractivity contribution in [1.82, 2.24) is 4.90 Å². The van der Waals surface area contributed by atoms with Gasteiger partial charge in [0.25, 0.3) is 0 Å². The van der Waals surface area contributed by atoms with Crippen LogP contribution in [0.1, 0.15) is 11.1 Å². The average molecular weight is 259 g/mol. The Labute approximate surface area is 104 Å². The van der Waals surface area contributed by atoms with Gasteiger partial charge in [0.1, 0.15) is 0 Å². The van der Waals surface area contributed by atoms with Gasteiger partial charge in [-0.3, -0.25) is 4.79 Å². The van der Waals surface area contributed by atoms with E-state index in [0.29, 0.717) is 23.1 Å². The van der Waals surface area contributed by atoms with E-state index < -0.39 is 0 Å². The summed E-state index contributed by atoms with van der Waals surface area (Å²) in [5, 5.41) is 1.26. The highest BCUT2D eigenvalue weighted by molar-refractivity contribution is 6.35. The minimum absolute atomic E-state index is 0.0422. The SMILES string of the molecule is NCC(=O)N1CCc2cc(Cl)cc(Cl)c2C1. The van der Waals surface area contributed by atoms with E-state index in [1.165, 1.54) is 0 Å². The highest BCUT2D eigenvalue weighted by atomic mass is 35.5. The van der Waals surface area contributed by atoms with Crippen molar-refractivity contribution in [1.29, 1.82) is 0 Å². The second-order valence-electron chi connectivity index (χ2n) is 3.79. The van der Waals surface area contributed by atoms with Crippen LogP contribution >= 0.6 is 23.2 Å². The van der Waals surface area contributed by atoms with E-state index >= 15 is 0 Å². The summed E-state index contributed by atoms with van der Waals surface area (Å²) in [4.78, 5) is 13.2. The lowest BCUT2D eigenvalue weighted by Crippen LogP contribution is -2.39. The van der Waals surface area contributed by atoms with E-state index in [9.17, 15) is 4.79 Å². The monoisotopic (exact) mass is 258 g/mol. The lowest BCUT2D eigenvalue weighted by atomic mass is 9.99. The van der Waals surface area contributed by atoms with E-state index in [-0.39, 0.29) is 12.5 Å². The molecule has 1 aliphatic heterocycles. The third kappa shape index (κ3) is 2.17. The molecule has 0 radical (unpaired) electrons. The molecule has 0 aromatic heterocycles. The molecular weight excluding hydrogens is 247 g/mol. The molecule has 3 nitrogen and oxygen atoms in total. The van der Waals surface area contributed by atoms with Gasteiger partial charge in [0.2, 0.25) is 5.91 Å². The first-order valence-electron chi connectivity index (χ1n) is 5.06. The van der Waals surface area contributed by atoms with Crippen LogP contribution in [0.4, 0.5) is 0 Å². The number of carbonyl (C=O) groups is 1. The standard InChI is InChI=1S/C11H12Cl2N2O/c12-8-3-7-1-2-15(11(16)5-14)6-9(7)10(13)4-8/h3-4H,1-2,5-6,14H2. The summed E-state index contributed by atoms with van der Waals surface area (Å²) in [5.74, 6) is -0.0448. The maximum Gasteiger partial charge on any atom is 0.236 e. The molecule has 2 N–H and O–H groups in total. The zero-order valence-corrected chi connectivity index (χ0v) is 10.2. The molecule has 0 bridgehead atoms. The smallest absolute Gasteiger partial charge is 0.236 e. The molecule has 1 aliphatic rings. The number of carbonyl (C=O) groups excluding carboxylic acids is 1. The van der Waals surface area contributed by atoms with E-state index in [1.54, 1.807) is 11.0 Å². The number of nitrogens with two attached hydrogens (primary N) is 1. The van der Waals surface area contributed by atoms with Gasteiger partial charge in [0.05, 0.1) is 6.54 Å². The van der Waals surface area contributed by atoms with Crippen LogP contribution in [0, 0.1) is 0 Å². The van der Waals surface area contributed by atoms with Crippen LogP contribution in [-0.2, 0) is 17.8 Å². The molecule has 1 heterocycles. The first-order chi connectivity index (χ1) is 7.61. The number of amides is 1. The summed E-state index contributed by atoms with van der Waals surface area (Å²) >= 11 is 12.0. The van der Waals surface area contributed by atoms with Gasteiger partial charge < -0.3 is 10.6 Å². The van der Waals surface area contributed by atoms with Crippen LogP contribution in [0.25, 0.3) is 0 Å². The Morgan fingerprint density at radius 1 is 1.44 bits per heavy atom. The Kier molecular flexibility index (Phi) is 3.38. The summed E-state index contributed by atoms with van der Waals surface area (Å²) in [6, 6.07) is 3.62. The molecule has 16 heavy (non-hydrogen) atoms. The van der Waals surface area contributed by atoms with Gasteiger partial charge in [0, 0.05) is 23.1 Å². The Hall–Kier alpha value is -0.770. The van der Waals surface area contributed by atoms with Gasteiger partial charge in [-0.05, 0) is 29.7 Å². The quantitative estimate of drug-likeness (QED) is 0.836. The first-order valence-corrected chi connectivity index (χ1v) is 5.82.